The lowest BCUT2D eigenvalue weighted by atomic mass is 9.97. The van der Waals surface area contributed by atoms with Crippen molar-refractivity contribution in [1.29, 1.82) is 0 Å². The van der Waals surface area contributed by atoms with E-state index in [1.807, 2.05) is 42.5 Å². The zero-order valence-corrected chi connectivity index (χ0v) is 31.8. The standard InChI is InChI=1S/C51H34N4OS/c1-57(56)46-24-14-12-21-38(46)36-27-28-43-40(31-36)50-44(54(43)37-19-9-4-10-20-37)29-25-34-26-30-45-49(48(34)50)39-22-11-13-23-42(39)55(45)47-32-41(33-15-5-2-6-16-33)52-51(53-47)35-17-7-3-8-18-35/h2-32H,1H3. The van der Waals surface area contributed by atoms with E-state index in [1.54, 1.807) is 6.26 Å². The summed E-state index contributed by atoms with van der Waals surface area (Å²) in [6.07, 6.45) is 1.75. The zero-order valence-electron chi connectivity index (χ0n) is 31.0. The predicted octanol–water partition coefficient (Wildman–Crippen LogP) is 12.6. The predicted molar refractivity (Wildman–Crippen MR) is 237 cm³/mol. The van der Waals surface area contributed by atoms with Gasteiger partial charge in [-0.05, 0) is 65.0 Å². The summed E-state index contributed by atoms with van der Waals surface area (Å²) < 4.78 is 17.6. The van der Waals surface area contributed by atoms with Crippen molar-refractivity contribution in [3.8, 4) is 45.3 Å². The van der Waals surface area contributed by atoms with Crippen molar-refractivity contribution < 1.29 is 4.21 Å². The van der Waals surface area contributed by atoms with E-state index < -0.39 is 10.8 Å². The van der Waals surface area contributed by atoms with Gasteiger partial charge in [-0.15, -0.1) is 0 Å². The van der Waals surface area contributed by atoms with E-state index in [0.29, 0.717) is 5.82 Å². The molecule has 0 saturated heterocycles. The van der Waals surface area contributed by atoms with Gasteiger partial charge in [0.05, 0.1) is 38.6 Å². The fraction of sp³-hybridized carbons (Fsp3) is 0.0196. The fourth-order valence-electron chi connectivity index (χ4n) is 8.63. The van der Waals surface area contributed by atoms with E-state index in [1.165, 1.54) is 16.2 Å². The Kier molecular flexibility index (Phi) is 7.72. The Labute approximate surface area is 331 Å². The molecule has 0 N–H and O–H groups in total. The molecule has 0 amide bonds. The first-order valence-electron chi connectivity index (χ1n) is 19.0. The highest BCUT2D eigenvalue weighted by molar-refractivity contribution is 7.84. The summed E-state index contributed by atoms with van der Waals surface area (Å²) in [7, 11) is -1.15. The van der Waals surface area contributed by atoms with Crippen molar-refractivity contribution in [3.63, 3.8) is 0 Å². The topological polar surface area (TPSA) is 52.7 Å². The molecule has 1 unspecified atom stereocenters. The third-order valence-corrected chi connectivity index (χ3v) is 12.1. The second-order valence-electron chi connectivity index (χ2n) is 14.4. The summed E-state index contributed by atoms with van der Waals surface area (Å²) in [5, 5.41) is 6.97. The van der Waals surface area contributed by atoms with Gasteiger partial charge in [-0.25, -0.2) is 9.97 Å². The van der Waals surface area contributed by atoms with Crippen LogP contribution in [0.3, 0.4) is 0 Å². The van der Waals surface area contributed by atoms with Crippen LogP contribution < -0.4 is 0 Å². The van der Waals surface area contributed by atoms with Crippen LogP contribution in [0.25, 0.3) is 99.7 Å². The smallest absolute Gasteiger partial charge is 0.162 e. The maximum absolute atomic E-state index is 13.0. The highest BCUT2D eigenvalue weighted by atomic mass is 32.2. The molecular formula is C51H34N4OS. The van der Waals surface area contributed by atoms with Crippen molar-refractivity contribution in [3.05, 3.63) is 188 Å². The monoisotopic (exact) mass is 750 g/mol. The van der Waals surface area contributed by atoms with Crippen LogP contribution in [0, 0.1) is 0 Å². The Bertz CT molecular complexity index is 3310. The third-order valence-electron chi connectivity index (χ3n) is 11.1. The maximum Gasteiger partial charge on any atom is 0.162 e. The third kappa shape index (κ3) is 5.33. The molecule has 3 heterocycles. The molecule has 0 bridgehead atoms. The van der Waals surface area contributed by atoms with Gasteiger partial charge in [-0.1, -0.05) is 133 Å². The summed E-state index contributed by atoms with van der Waals surface area (Å²) in [4.78, 5) is 11.2. The molecule has 57 heavy (non-hydrogen) atoms. The van der Waals surface area contributed by atoms with Crippen molar-refractivity contribution in [2.45, 2.75) is 4.90 Å². The molecule has 0 aliphatic heterocycles. The summed E-state index contributed by atoms with van der Waals surface area (Å²) in [5.41, 5.74) is 10.3. The van der Waals surface area contributed by atoms with Crippen LogP contribution in [-0.2, 0) is 10.8 Å². The summed E-state index contributed by atoms with van der Waals surface area (Å²) >= 11 is 0. The van der Waals surface area contributed by atoms with Gasteiger partial charge in [0.15, 0.2) is 5.82 Å². The average Bonchev–Trinajstić information content (AvgIpc) is 3.80. The second-order valence-corrected chi connectivity index (χ2v) is 15.7. The number of rotatable bonds is 6. The first-order chi connectivity index (χ1) is 28.1. The molecule has 0 saturated carbocycles. The van der Waals surface area contributed by atoms with Gasteiger partial charge in [0.25, 0.3) is 0 Å². The summed E-state index contributed by atoms with van der Waals surface area (Å²) in [6, 6.07) is 65.6. The highest BCUT2D eigenvalue weighted by Crippen LogP contribution is 2.45. The van der Waals surface area contributed by atoms with Crippen LogP contribution in [-0.4, -0.2) is 29.6 Å². The number of para-hydroxylation sites is 2. The largest absolute Gasteiger partial charge is 0.309 e. The average molecular weight is 751 g/mol. The summed E-state index contributed by atoms with van der Waals surface area (Å²) in [5.74, 6) is 1.48. The molecule has 6 heteroatoms. The molecule has 5 nitrogen and oxygen atoms in total. The van der Waals surface area contributed by atoms with Crippen molar-refractivity contribution in [1.82, 2.24) is 19.1 Å². The van der Waals surface area contributed by atoms with Gasteiger partial charge >= 0.3 is 0 Å². The van der Waals surface area contributed by atoms with Crippen molar-refractivity contribution >= 4 is 65.2 Å². The number of aromatic nitrogens is 4. The molecular weight excluding hydrogens is 717 g/mol. The molecule has 11 rings (SSSR count). The van der Waals surface area contributed by atoms with E-state index in [0.717, 1.165) is 82.6 Å². The molecule has 0 aliphatic rings. The number of benzene rings is 8. The first-order valence-corrected chi connectivity index (χ1v) is 20.6. The van der Waals surface area contributed by atoms with Gasteiger partial charge in [0.2, 0.25) is 0 Å². The minimum atomic E-state index is -1.15. The van der Waals surface area contributed by atoms with E-state index in [9.17, 15) is 4.21 Å². The Morgan fingerprint density at radius 3 is 1.81 bits per heavy atom. The zero-order chi connectivity index (χ0) is 38.0. The summed E-state index contributed by atoms with van der Waals surface area (Å²) in [6.45, 7) is 0. The van der Waals surface area contributed by atoms with Crippen LogP contribution in [0.4, 0.5) is 0 Å². The van der Waals surface area contributed by atoms with Crippen molar-refractivity contribution in [2.24, 2.45) is 0 Å². The van der Waals surface area contributed by atoms with Gasteiger partial charge < -0.3 is 4.57 Å². The normalized spacial score (nSPS) is 12.3. The van der Waals surface area contributed by atoms with Crippen LogP contribution in [0.2, 0.25) is 0 Å². The Balaban J connectivity index is 1.28. The number of nitrogens with zero attached hydrogens (tertiary/aromatic N) is 4. The van der Waals surface area contributed by atoms with Gasteiger partial charge in [-0.2, -0.15) is 0 Å². The van der Waals surface area contributed by atoms with Crippen molar-refractivity contribution in [2.75, 3.05) is 6.26 Å². The maximum atomic E-state index is 13.0. The second kappa shape index (κ2) is 13.3. The molecule has 0 spiro atoms. The first kappa shape index (κ1) is 33.2. The number of hydrogen-bond donors (Lipinski definition) is 0. The Hall–Kier alpha value is -7.15. The van der Waals surface area contributed by atoms with Gasteiger partial charge in [-0.3, -0.25) is 8.78 Å². The van der Waals surface area contributed by atoms with Gasteiger partial charge in [0, 0.05) is 61.0 Å². The lowest BCUT2D eigenvalue weighted by molar-refractivity contribution is 0.687. The number of fused-ring (bicyclic) bond motifs is 9. The minimum Gasteiger partial charge on any atom is -0.309 e. The van der Waals surface area contributed by atoms with Crippen LogP contribution in [0.15, 0.2) is 193 Å². The Morgan fingerprint density at radius 1 is 0.456 bits per heavy atom. The SMILES string of the molecule is CS(=O)c1ccccc1-c1ccc2c(c1)c1c3c(ccc1n2-c1ccccc1)ccc1c3c2ccccc2n1-c1cc(-c2ccccc2)nc(-c2ccccc2)n1. The fourth-order valence-corrected chi connectivity index (χ4v) is 9.40. The van der Waals surface area contributed by atoms with Gasteiger partial charge in [0.1, 0.15) is 5.82 Å². The molecule has 0 fully saturated rings. The Morgan fingerprint density at radius 2 is 1.05 bits per heavy atom. The molecule has 1 atom stereocenters. The lowest BCUT2D eigenvalue weighted by Gasteiger charge is -2.12. The quantitative estimate of drug-likeness (QED) is 0.170. The molecule has 0 aliphatic carbocycles. The molecule has 8 aromatic carbocycles. The van der Waals surface area contributed by atoms with E-state index in [2.05, 4.69) is 155 Å². The lowest BCUT2D eigenvalue weighted by Crippen LogP contribution is -2.02. The van der Waals surface area contributed by atoms with Crippen LogP contribution in [0.1, 0.15) is 0 Å². The minimum absolute atomic E-state index is 0.674. The van der Waals surface area contributed by atoms with E-state index >= 15 is 0 Å². The molecule has 0 radical (unpaired) electrons. The molecule has 270 valence electrons. The molecule has 11 aromatic rings. The van der Waals surface area contributed by atoms with Crippen LogP contribution in [0.5, 0.6) is 0 Å². The number of hydrogen-bond acceptors (Lipinski definition) is 3. The van der Waals surface area contributed by atoms with Crippen LogP contribution >= 0.6 is 0 Å². The van der Waals surface area contributed by atoms with E-state index in [-0.39, 0.29) is 0 Å². The molecule has 3 aromatic heterocycles. The van der Waals surface area contributed by atoms with E-state index in [4.69, 9.17) is 9.97 Å². The highest BCUT2D eigenvalue weighted by Gasteiger charge is 2.22.